The zero-order chi connectivity index (χ0) is 21.1. The van der Waals surface area contributed by atoms with Gasteiger partial charge in [0.25, 0.3) is 5.91 Å². The van der Waals surface area contributed by atoms with Crippen LogP contribution in [0.4, 0.5) is 11.4 Å². The summed E-state index contributed by atoms with van der Waals surface area (Å²) in [7, 11) is -1.73. The third-order valence-corrected chi connectivity index (χ3v) is 7.70. The Morgan fingerprint density at radius 1 is 1.00 bits per heavy atom. The topological polar surface area (TPSA) is 79.0 Å². The minimum Gasteiger partial charge on any atom is -0.380 e. The molecule has 0 aromatic heterocycles. The summed E-state index contributed by atoms with van der Waals surface area (Å²) in [6.07, 6.45) is 3.06. The van der Waals surface area contributed by atoms with E-state index in [1.807, 2.05) is 24.3 Å². The molecule has 0 saturated carbocycles. The van der Waals surface area contributed by atoms with E-state index in [0.29, 0.717) is 24.3 Å². The number of nitrogens with one attached hydrogen (secondary N) is 1. The lowest BCUT2D eigenvalue weighted by Gasteiger charge is -2.18. The minimum absolute atomic E-state index is 0.227. The van der Waals surface area contributed by atoms with Gasteiger partial charge < -0.3 is 15.0 Å². The number of nitrogens with zero attached hydrogens (tertiary/aromatic N) is 2. The average molecular weight is 430 g/mol. The van der Waals surface area contributed by atoms with Gasteiger partial charge in [0.15, 0.2) is 0 Å². The van der Waals surface area contributed by atoms with Crippen LogP contribution in [-0.2, 0) is 14.8 Å². The highest BCUT2D eigenvalue weighted by Gasteiger charge is 2.27. The van der Waals surface area contributed by atoms with Crippen LogP contribution >= 0.6 is 0 Å². The van der Waals surface area contributed by atoms with E-state index in [4.69, 9.17) is 4.74 Å². The van der Waals surface area contributed by atoms with Gasteiger partial charge in [-0.1, -0.05) is 0 Å². The quantitative estimate of drug-likeness (QED) is 0.764. The van der Waals surface area contributed by atoms with Crippen molar-refractivity contribution in [3.8, 4) is 0 Å². The number of benzene rings is 2. The average Bonchev–Trinajstić information content (AvgIpc) is 3.47. The molecule has 2 aliphatic rings. The third-order valence-electron chi connectivity index (χ3n) is 5.79. The fourth-order valence-corrected chi connectivity index (χ4v) is 5.49. The first-order valence-electron chi connectivity index (χ1n) is 10.3. The predicted octanol–water partition coefficient (Wildman–Crippen LogP) is 2.95. The number of sulfonamides is 1. The number of amides is 1. The molecule has 1 unspecified atom stereocenters. The molecule has 4 rings (SSSR count). The number of anilines is 2. The highest BCUT2D eigenvalue weighted by molar-refractivity contribution is 7.89. The van der Waals surface area contributed by atoms with Crippen molar-refractivity contribution in [2.75, 3.05) is 43.5 Å². The van der Waals surface area contributed by atoms with Crippen LogP contribution < -0.4 is 10.2 Å². The van der Waals surface area contributed by atoms with Gasteiger partial charge in [0, 0.05) is 50.2 Å². The minimum atomic E-state index is -3.47. The normalized spacial score (nSPS) is 19.9. The van der Waals surface area contributed by atoms with E-state index in [2.05, 4.69) is 10.2 Å². The maximum atomic E-state index is 12.6. The number of carbonyl (C=O) groups is 1. The summed E-state index contributed by atoms with van der Waals surface area (Å²) in [5.41, 5.74) is 2.21. The maximum absolute atomic E-state index is 12.6. The summed E-state index contributed by atoms with van der Waals surface area (Å²) in [4.78, 5) is 15.0. The largest absolute Gasteiger partial charge is 0.380 e. The number of methoxy groups -OCH3 is 1. The molecule has 1 amide bonds. The first-order valence-corrected chi connectivity index (χ1v) is 11.7. The van der Waals surface area contributed by atoms with Gasteiger partial charge in [0.2, 0.25) is 10.0 Å². The second kappa shape index (κ2) is 8.75. The Balaban J connectivity index is 1.39. The molecule has 0 spiro atoms. The molecule has 30 heavy (non-hydrogen) atoms. The fourth-order valence-electron chi connectivity index (χ4n) is 3.97. The zero-order valence-corrected chi connectivity index (χ0v) is 17.9. The van der Waals surface area contributed by atoms with Crippen LogP contribution in [0.2, 0.25) is 0 Å². The van der Waals surface area contributed by atoms with Gasteiger partial charge >= 0.3 is 0 Å². The Morgan fingerprint density at radius 2 is 1.67 bits per heavy atom. The van der Waals surface area contributed by atoms with Gasteiger partial charge in [0.1, 0.15) is 0 Å². The highest BCUT2D eigenvalue weighted by Crippen LogP contribution is 2.24. The van der Waals surface area contributed by atoms with Crippen molar-refractivity contribution in [1.29, 1.82) is 0 Å². The number of hydrogen-bond donors (Lipinski definition) is 1. The summed E-state index contributed by atoms with van der Waals surface area (Å²) in [5.74, 6) is -0.270. The van der Waals surface area contributed by atoms with Gasteiger partial charge in [-0.25, -0.2) is 8.42 Å². The number of hydrogen-bond acceptors (Lipinski definition) is 5. The lowest BCUT2D eigenvalue weighted by Crippen LogP contribution is -2.27. The molecule has 0 bridgehead atoms. The van der Waals surface area contributed by atoms with E-state index >= 15 is 0 Å². The van der Waals surface area contributed by atoms with Gasteiger partial charge in [-0.3, -0.25) is 4.79 Å². The molecular formula is C22H27N3O4S. The van der Waals surface area contributed by atoms with Crippen molar-refractivity contribution in [2.24, 2.45) is 0 Å². The van der Waals surface area contributed by atoms with Crippen molar-refractivity contribution in [1.82, 2.24) is 4.31 Å². The van der Waals surface area contributed by atoms with Crippen LogP contribution in [-0.4, -0.2) is 58.0 Å². The third kappa shape index (κ3) is 4.35. The summed E-state index contributed by atoms with van der Waals surface area (Å²) >= 11 is 0. The van der Waals surface area contributed by atoms with Crippen LogP contribution in [0.3, 0.4) is 0 Å². The standard InChI is InChI=1S/C22H27N3O4S/c1-29-20-12-15-24(16-20)19-8-6-18(7-9-19)23-22(26)17-4-10-21(11-5-17)30(27,28)25-13-2-3-14-25/h4-11,20H,2-3,12-16H2,1H3,(H,23,26). The molecule has 8 heteroatoms. The Labute approximate surface area is 177 Å². The molecule has 160 valence electrons. The molecule has 1 atom stereocenters. The molecule has 0 radical (unpaired) electrons. The van der Waals surface area contributed by atoms with Gasteiger partial charge in [0.05, 0.1) is 11.0 Å². The molecule has 0 aliphatic carbocycles. The second-order valence-corrected chi connectivity index (χ2v) is 9.67. The van der Waals surface area contributed by atoms with E-state index in [1.165, 1.54) is 16.4 Å². The molecule has 2 fully saturated rings. The van der Waals surface area contributed by atoms with E-state index in [9.17, 15) is 13.2 Å². The first kappa shape index (κ1) is 20.8. The summed E-state index contributed by atoms with van der Waals surface area (Å²) < 4.78 is 32.1. The monoisotopic (exact) mass is 429 g/mol. The smallest absolute Gasteiger partial charge is 0.255 e. The van der Waals surface area contributed by atoms with Crippen LogP contribution in [0.15, 0.2) is 53.4 Å². The summed E-state index contributed by atoms with van der Waals surface area (Å²) in [6.45, 7) is 2.94. The Morgan fingerprint density at radius 3 is 2.27 bits per heavy atom. The second-order valence-electron chi connectivity index (χ2n) is 7.73. The van der Waals surface area contributed by atoms with E-state index in [1.54, 1.807) is 19.2 Å². The molecule has 2 saturated heterocycles. The molecular weight excluding hydrogens is 402 g/mol. The number of rotatable bonds is 6. The molecule has 1 N–H and O–H groups in total. The van der Waals surface area contributed by atoms with Crippen LogP contribution in [0.5, 0.6) is 0 Å². The van der Waals surface area contributed by atoms with Crippen molar-refractivity contribution < 1.29 is 17.9 Å². The van der Waals surface area contributed by atoms with Crippen molar-refractivity contribution in [3.05, 3.63) is 54.1 Å². The molecule has 2 heterocycles. The van der Waals surface area contributed by atoms with E-state index in [-0.39, 0.29) is 16.9 Å². The molecule has 2 aliphatic heterocycles. The maximum Gasteiger partial charge on any atom is 0.255 e. The lowest BCUT2D eigenvalue weighted by molar-refractivity contribution is 0.102. The van der Waals surface area contributed by atoms with Gasteiger partial charge in [-0.05, 0) is 67.8 Å². The number of ether oxygens (including phenoxy) is 1. The molecule has 2 aromatic carbocycles. The van der Waals surface area contributed by atoms with Crippen LogP contribution in [0.1, 0.15) is 29.6 Å². The SMILES string of the molecule is COC1CCN(c2ccc(NC(=O)c3ccc(S(=O)(=O)N4CCCC4)cc3)cc2)C1. The van der Waals surface area contributed by atoms with E-state index in [0.717, 1.165) is 38.0 Å². The van der Waals surface area contributed by atoms with Gasteiger partial charge in [-0.15, -0.1) is 0 Å². The van der Waals surface area contributed by atoms with Crippen molar-refractivity contribution in [2.45, 2.75) is 30.3 Å². The zero-order valence-electron chi connectivity index (χ0n) is 17.1. The summed E-state index contributed by atoms with van der Waals surface area (Å²) in [5, 5.41) is 2.87. The van der Waals surface area contributed by atoms with Crippen LogP contribution in [0.25, 0.3) is 0 Å². The fraction of sp³-hybridized carbons (Fsp3) is 0.409. The van der Waals surface area contributed by atoms with E-state index < -0.39 is 10.0 Å². The molecule has 2 aromatic rings. The number of carbonyl (C=O) groups excluding carboxylic acids is 1. The predicted molar refractivity (Wildman–Crippen MR) is 116 cm³/mol. The van der Waals surface area contributed by atoms with Crippen molar-refractivity contribution in [3.63, 3.8) is 0 Å². The molecule has 7 nitrogen and oxygen atoms in total. The first-order chi connectivity index (χ1) is 14.5. The Kier molecular flexibility index (Phi) is 6.08. The van der Waals surface area contributed by atoms with Crippen molar-refractivity contribution >= 4 is 27.3 Å². The van der Waals surface area contributed by atoms with Gasteiger partial charge in [-0.2, -0.15) is 4.31 Å². The van der Waals surface area contributed by atoms with Crippen LogP contribution in [0, 0.1) is 0 Å². The highest BCUT2D eigenvalue weighted by atomic mass is 32.2. The lowest BCUT2D eigenvalue weighted by atomic mass is 10.2. The summed E-state index contributed by atoms with van der Waals surface area (Å²) in [6, 6.07) is 13.8. The Bertz CT molecular complexity index is 984. The Hall–Kier alpha value is -2.42.